The standard InChI is InChI=1S/C14H25N7O.HI/c1-3-15-14(16-9-12-18-11-19-20(12)2)17-10-13(22)21-7-5-4-6-8-21;/h11H,3-10H2,1-2H3,(H2,15,16,17);1H. The quantitative estimate of drug-likeness (QED) is 0.400. The highest BCUT2D eigenvalue weighted by atomic mass is 127. The van der Waals surface area contributed by atoms with Gasteiger partial charge in [-0.3, -0.25) is 9.48 Å². The van der Waals surface area contributed by atoms with E-state index in [1.165, 1.54) is 12.7 Å². The highest BCUT2D eigenvalue weighted by Crippen LogP contribution is 2.08. The van der Waals surface area contributed by atoms with Crippen molar-refractivity contribution in [1.82, 2.24) is 30.3 Å². The maximum absolute atomic E-state index is 12.1. The van der Waals surface area contributed by atoms with E-state index in [9.17, 15) is 4.79 Å². The van der Waals surface area contributed by atoms with Gasteiger partial charge in [-0.2, -0.15) is 5.10 Å². The number of carbonyl (C=O) groups excluding carboxylic acids is 1. The highest BCUT2D eigenvalue weighted by Gasteiger charge is 2.16. The van der Waals surface area contributed by atoms with Crippen molar-refractivity contribution in [2.24, 2.45) is 12.0 Å². The molecular weight excluding hydrogens is 409 g/mol. The molecule has 0 aromatic carbocycles. The molecule has 0 aliphatic carbocycles. The zero-order chi connectivity index (χ0) is 15.8. The molecule has 0 bridgehead atoms. The molecule has 0 radical (unpaired) electrons. The number of guanidine groups is 1. The van der Waals surface area contributed by atoms with Gasteiger partial charge in [-0.15, -0.1) is 24.0 Å². The monoisotopic (exact) mass is 435 g/mol. The van der Waals surface area contributed by atoms with Crippen LogP contribution >= 0.6 is 24.0 Å². The number of piperidine rings is 1. The van der Waals surface area contributed by atoms with E-state index < -0.39 is 0 Å². The molecule has 1 saturated heterocycles. The molecule has 23 heavy (non-hydrogen) atoms. The van der Waals surface area contributed by atoms with E-state index >= 15 is 0 Å². The maximum atomic E-state index is 12.1. The molecule has 9 heteroatoms. The Balaban J connectivity index is 0.00000264. The van der Waals surface area contributed by atoms with Crippen molar-refractivity contribution in [2.45, 2.75) is 32.7 Å². The summed E-state index contributed by atoms with van der Waals surface area (Å²) in [6, 6.07) is 0. The Morgan fingerprint density at radius 2 is 2.04 bits per heavy atom. The lowest BCUT2D eigenvalue weighted by Crippen LogP contribution is -2.46. The number of halogens is 1. The van der Waals surface area contributed by atoms with Gasteiger partial charge in [0, 0.05) is 26.7 Å². The van der Waals surface area contributed by atoms with Crippen molar-refractivity contribution in [2.75, 3.05) is 26.2 Å². The first-order chi connectivity index (χ1) is 10.7. The summed E-state index contributed by atoms with van der Waals surface area (Å²) >= 11 is 0. The minimum Gasteiger partial charge on any atom is -0.357 e. The number of aromatic nitrogens is 3. The summed E-state index contributed by atoms with van der Waals surface area (Å²) in [5.74, 6) is 1.53. The van der Waals surface area contributed by atoms with Gasteiger partial charge in [0.05, 0.1) is 6.54 Å². The van der Waals surface area contributed by atoms with Crippen LogP contribution in [0.4, 0.5) is 0 Å². The van der Waals surface area contributed by atoms with Crippen molar-refractivity contribution in [3.63, 3.8) is 0 Å². The summed E-state index contributed by atoms with van der Waals surface area (Å²) < 4.78 is 1.69. The maximum Gasteiger partial charge on any atom is 0.241 e. The molecule has 2 heterocycles. The van der Waals surface area contributed by atoms with E-state index in [0.717, 1.165) is 38.3 Å². The third kappa shape index (κ3) is 6.32. The normalized spacial score (nSPS) is 15.0. The number of aliphatic imine (C=N–C) groups is 1. The smallest absolute Gasteiger partial charge is 0.241 e. The second kappa shape index (κ2) is 10.4. The summed E-state index contributed by atoms with van der Waals surface area (Å²) in [6.45, 7) is 5.16. The fraction of sp³-hybridized carbons (Fsp3) is 0.714. The van der Waals surface area contributed by atoms with Crippen molar-refractivity contribution >= 4 is 35.8 Å². The number of hydrogen-bond donors (Lipinski definition) is 2. The van der Waals surface area contributed by atoms with Crippen LogP contribution in [0.2, 0.25) is 0 Å². The minimum absolute atomic E-state index is 0. The van der Waals surface area contributed by atoms with Gasteiger partial charge in [-0.05, 0) is 26.2 Å². The van der Waals surface area contributed by atoms with Crippen molar-refractivity contribution in [3.05, 3.63) is 12.2 Å². The molecule has 1 aliphatic heterocycles. The summed E-state index contributed by atoms with van der Waals surface area (Å²) in [4.78, 5) is 22.6. The van der Waals surface area contributed by atoms with Crippen LogP contribution in [0.1, 0.15) is 32.0 Å². The van der Waals surface area contributed by atoms with Gasteiger partial charge >= 0.3 is 0 Å². The summed E-state index contributed by atoms with van der Waals surface area (Å²) in [6.07, 6.45) is 4.93. The van der Waals surface area contributed by atoms with Crippen molar-refractivity contribution in [1.29, 1.82) is 0 Å². The molecule has 0 atom stereocenters. The van der Waals surface area contributed by atoms with Gasteiger partial charge in [-0.25, -0.2) is 9.98 Å². The molecule has 0 saturated carbocycles. The Kier molecular flexibility index (Phi) is 8.89. The first kappa shape index (κ1) is 19.7. The number of hydrogen-bond acceptors (Lipinski definition) is 4. The zero-order valence-corrected chi connectivity index (χ0v) is 16.1. The summed E-state index contributed by atoms with van der Waals surface area (Å²) in [5, 5.41) is 10.2. The Labute approximate surface area is 154 Å². The van der Waals surface area contributed by atoms with Crippen LogP contribution < -0.4 is 10.6 Å². The number of nitrogens with one attached hydrogen (secondary N) is 2. The number of rotatable bonds is 5. The molecule has 0 spiro atoms. The first-order valence-electron chi connectivity index (χ1n) is 7.83. The molecule has 1 aliphatic rings. The lowest BCUT2D eigenvalue weighted by atomic mass is 10.1. The molecule has 0 unspecified atom stereocenters. The number of nitrogens with zero attached hydrogens (tertiary/aromatic N) is 5. The molecule has 1 aromatic rings. The van der Waals surface area contributed by atoms with Gasteiger partial charge in [0.2, 0.25) is 5.91 Å². The molecule has 130 valence electrons. The molecule has 1 fully saturated rings. The Hall–Kier alpha value is -1.39. The Bertz CT molecular complexity index is 511. The second-order valence-corrected chi connectivity index (χ2v) is 5.29. The first-order valence-corrected chi connectivity index (χ1v) is 7.83. The largest absolute Gasteiger partial charge is 0.357 e. The molecular formula is C14H26IN7O. The van der Waals surface area contributed by atoms with Crippen LogP contribution in [0.3, 0.4) is 0 Å². The average Bonchev–Trinajstić information content (AvgIpc) is 2.96. The molecule has 2 N–H and O–H groups in total. The van der Waals surface area contributed by atoms with Crippen molar-refractivity contribution < 1.29 is 4.79 Å². The van der Waals surface area contributed by atoms with E-state index in [1.807, 2.05) is 18.9 Å². The number of carbonyl (C=O) groups is 1. The van der Waals surface area contributed by atoms with Gasteiger partial charge in [0.1, 0.15) is 18.7 Å². The fourth-order valence-electron chi connectivity index (χ4n) is 2.37. The summed E-state index contributed by atoms with van der Waals surface area (Å²) in [5.41, 5.74) is 0. The van der Waals surface area contributed by atoms with E-state index in [4.69, 9.17) is 0 Å². The average molecular weight is 435 g/mol. The second-order valence-electron chi connectivity index (χ2n) is 5.29. The SMILES string of the molecule is CCNC(=NCc1ncnn1C)NCC(=O)N1CCCCC1.I. The molecule has 8 nitrogen and oxygen atoms in total. The van der Waals surface area contributed by atoms with E-state index in [1.54, 1.807) is 4.68 Å². The third-order valence-electron chi connectivity index (χ3n) is 3.64. The van der Waals surface area contributed by atoms with Gasteiger partial charge < -0.3 is 15.5 Å². The van der Waals surface area contributed by atoms with Crippen LogP contribution in [0, 0.1) is 0 Å². The molecule has 1 amide bonds. The Morgan fingerprint density at radius 3 is 2.65 bits per heavy atom. The van der Waals surface area contributed by atoms with Crippen LogP contribution in [-0.2, 0) is 18.4 Å². The molecule has 2 rings (SSSR count). The van der Waals surface area contributed by atoms with Gasteiger partial charge in [0.15, 0.2) is 5.96 Å². The summed E-state index contributed by atoms with van der Waals surface area (Å²) in [7, 11) is 1.83. The lowest BCUT2D eigenvalue weighted by molar-refractivity contribution is -0.130. The van der Waals surface area contributed by atoms with E-state index in [0.29, 0.717) is 12.5 Å². The minimum atomic E-state index is 0. The lowest BCUT2D eigenvalue weighted by Gasteiger charge is -2.27. The van der Waals surface area contributed by atoms with Crippen LogP contribution in [0.25, 0.3) is 0 Å². The number of likely N-dealkylation sites (tertiary alicyclic amines) is 1. The Morgan fingerprint density at radius 1 is 1.30 bits per heavy atom. The third-order valence-corrected chi connectivity index (χ3v) is 3.64. The van der Waals surface area contributed by atoms with Crippen LogP contribution in [0.5, 0.6) is 0 Å². The predicted octanol–water partition coefficient (Wildman–Crippen LogP) is 0.501. The zero-order valence-electron chi connectivity index (χ0n) is 13.8. The molecule has 1 aromatic heterocycles. The predicted molar refractivity (Wildman–Crippen MR) is 99.7 cm³/mol. The number of amides is 1. The van der Waals surface area contributed by atoms with Crippen molar-refractivity contribution in [3.8, 4) is 0 Å². The topological polar surface area (TPSA) is 87.4 Å². The van der Waals surface area contributed by atoms with E-state index in [2.05, 4.69) is 25.7 Å². The fourth-order valence-corrected chi connectivity index (χ4v) is 2.37. The van der Waals surface area contributed by atoms with Gasteiger partial charge in [-0.1, -0.05) is 0 Å². The van der Waals surface area contributed by atoms with Gasteiger partial charge in [0.25, 0.3) is 0 Å². The van der Waals surface area contributed by atoms with Crippen LogP contribution in [0.15, 0.2) is 11.3 Å². The van der Waals surface area contributed by atoms with E-state index in [-0.39, 0.29) is 36.4 Å². The van der Waals surface area contributed by atoms with Crippen LogP contribution in [-0.4, -0.2) is 57.7 Å². The number of aryl methyl sites for hydroxylation is 1. The highest BCUT2D eigenvalue weighted by molar-refractivity contribution is 14.0.